The van der Waals surface area contributed by atoms with Crippen molar-refractivity contribution in [1.29, 1.82) is 0 Å². The van der Waals surface area contributed by atoms with Crippen LogP contribution in [0.15, 0.2) is 32.5 Å². The average Bonchev–Trinajstić information content (AvgIpc) is 2.65. The third-order valence-electron chi connectivity index (χ3n) is 4.10. The number of allylic oxidation sites excluding steroid dienone is 2. The fourth-order valence-electron chi connectivity index (χ4n) is 2.94. The zero-order chi connectivity index (χ0) is 15.4. The van der Waals surface area contributed by atoms with E-state index in [1.54, 1.807) is 14.2 Å². The number of hydrogen-bond donors (Lipinski definition) is 0. The smallest absolute Gasteiger partial charge is 0.133 e. The van der Waals surface area contributed by atoms with E-state index in [4.69, 9.17) is 9.47 Å². The van der Waals surface area contributed by atoms with Gasteiger partial charge in [-0.1, -0.05) is 29.8 Å². The summed E-state index contributed by atoms with van der Waals surface area (Å²) >= 11 is 7.26. The van der Waals surface area contributed by atoms with Gasteiger partial charge in [0.1, 0.15) is 11.5 Å². The quantitative estimate of drug-likeness (QED) is 0.658. The van der Waals surface area contributed by atoms with Crippen molar-refractivity contribution in [3.63, 3.8) is 0 Å². The summed E-state index contributed by atoms with van der Waals surface area (Å²) in [5.74, 6) is 1.78. The number of rotatable bonds is 2. The molecule has 1 radical (unpaired) electrons. The first-order valence-corrected chi connectivity index (χ1v) is 9.17. The Kier molecular flexibility index (Phi) is 3.79. The summed E-state index contributed by atoms with van der Waals surface area (Å²) in [5.41, 5.74) is 3.88. The molecule has 1 aromatic carbocycles. The SMILES string of the molecule is COC1=C(Br)[Si]=C2C(=C1)c1cc(OC)c(Br)cc1C2(C)C. The molecule has 0 fully saturated rings. The minimum Gasteiger partial charge on any atom is -0.496 e. The van der Waals surface area contributed by atoms with Gasteiger partial charge in [0, 0.05) is 9.52 Å². The molecule has 0 saturated heterocycles. The largest absolute Gasteiger partial charge is 0.496 e. The van der Waals surface area contributed by atoms with Crippen LogP contribution in [-0.4, -0.2) is 28.5 Å². The Morgan fingerprint density at radius 2 is 1.81 bits per heavy atom. The molecule has 109 valence electrons. The predicted octanol–water partition coefficient (Wildman–Crippen LogP) is 4.23. The van der Waals surface area contributed by atoms with E-state index < -0.39 is 0 Å². The van der Waals surface area contributed by atoms with Gasteiger partial charge < -0.3 is 9.47 Å². The highest BCUT2D eigenvalue weighted by Gasteiger charge is 2.40. The monoisotopic (exact) mass is 425 g/mol. The van der Waals surface area contributed by atoms with Crippen LogP contribution in [0.3, 0.4) is 0 Å². The highest BCUT2D eigenvalue weighted by Crippen LogP contribution is 2.47. The van der Waals surface area contributed by atoms with Gasteiger partial charge in [0.15, 0.2) is 0 Å². The van der Waals surface area contributed by atoms with Crippen LogP contribution in [0.25, 0.3) is 5.57 Å². The van der Waals surface area contributed by atoms with Gasteiger partial charge in [0.2, 0.25) is 0 Å². The van der Waals surface area contributed by atoms with Crippen LogP contribution >= 0.6 is 31.9 Å². The van der Waals surface area contributed by atoms with Crippen molar-refractivity contribution in [3.8, 4) is 5.75 Å². The minimum atomic E-state index is 0.0205. The molecular weight excluding hydrogens is 412 g/mol. The highest BCUT2D eigenvalue weighted by atomic mass is 79.9. The summed E-state index contributed by atoms with van der Waals surface area (Å²) in [7, 11) is 4.02. The van der Waals surface area contributed by atoms with Gasteiger partial charge in [-0.15, -0.1) is 0 Å². The number of halogens is 2. The molecule has 0 amide bonds. The Morgan fingerprint density at radius 1 is 1.10 bits per heavy atom. The highest BCUT2D eigenvalue weighted by molar-refractivity contribution is 9.12. The third-order valence-corrected chi connectivity index (χ3v) is 7.31. The minimum absolute atomic E-state index is 0.0205. The lowest BCUT2D eigenvalue weighted by Crippen LogP contribution is -2.28. The Labute approximate surface area is 143 Å². The Morgan fingerprint density at radius 3 is 2.43 bits per heavy atom. The average molecular weight is 427 g/mol. The molecule has 5 heteroatoms. The van der Waals surface area contributed by atoms with E-state index >= 15 is 0 Å². The van der Waals surface area contributed by atoms with Crippen molar-refractivity contribution in [2.75, 3.05) is 14.2 Å². The molecule has 1 heterocycles. The summed E-state index contributed by atoms with van der Waals surface area (Å²) in [6, 6.07) is 4.31. The van der Waals surface area contributed by atoms with Crippen molar-refractivity contribution < 1.29 is 9.47 Å². The van der Waals surface area contributed by atoms with Gasteiger partial charge >= 0.3 is 0 Å². The maximum atomic E-state index is 5.48. The Hall–Kier alpha value is -0.653. The van der Waals surface area contributed by atoms with Gasteiger partial charge in [0.05, 0.1) is 27.8 Å². The third kappa shape index (κ3) is 2.21. The molecule has 1 aromatic rings. The number of hydrogen-bond acceptors (Lipinski definition) is 2. The first-order valence-electron chi connectivity index (χ1n) is 6.58. The molecule has 0 N–H and O–H groups in total. The maximum absolute atomic E-state index is 5.48. The van der Waals surface area contributed by atoms with Gasteiger partial charge in [-0.05, 0) is 56.0 Å². The zero-order valence-corrected chi connectivity index (χ0v) is 16.5. The van der Waals surface area contributed by atoms with E-state index in [2.05, 4.69) is 63.9 Å². The van der Waals surface area contributed by atoms with Crippen LogP contribution < -0.4 is 4.74 Å². The summed E-state index contributed by atoms with van der Waals surface area (Å²) in [6.45, 7) is 4.57. The van der Waals surface area contributed by atoms with E-state index in [0.29, 0.717) is 9.13 Å². The molecule has 0 aromatic heterocycles. The van der Waals surface area contributed by atoms with E-state index in [9.17, 15) is 0 Å². The molecule has 21 heavy (non-hydrogen) atoms. The van der Waals surface area contributed by atoms with Crippen LogP contribution in [0.4, 0.5) is 0 Å². The Balaban J connectivity index is 2.30. The van der Waals surface area contributed by atoms with Gasteiger partial charge in [-0.2, -0.15) is 0 Å². The van der Waals surface area contributed by atoms with Gasteiger partial charge in [-0.25, -0.2) is 0 Å². The molecule has 3 rings (SSSR count). The first-order chi connectivity index (χ1) is 9.90. The topological polar surface area (TPSA) is 18.5 Å². The molecular formula is C16H15Br2O2Si. The standard InChI is InChI=1S/C16H15Br2O2Si/c1-16(2)10-7-11(17)12(19-3)5-8(10)9-6-13(20-4)15(18)21-14(9)16/h5-7H,1-4H3. The van der Waals surface area contributed by atoms with Crippen molar-refractivity contribution in [1.82, 2.24) is 0 Å². The predicted molar refractivity (Wildman–Crippen MR) is 95.4 cm³/mol. The maximum Gasteiger partial charge on any atom is 0.133 e. The van der Waals surface area contributed by atoms with Crippen molar-refractivity contribution in [3.05, 3.63) is 43.7 Å². The molecule has 2 aliphatic rings. The van der Waals surface area contributed by atoms with Crippen molar-refractivity contribution in [2.24, 2.45) is 0 Å². The first kappa shape index (κ1) is 15.3. The molecule has 1 aliphatic heterocycles. The van der Waals surface area contributed by atoms with Gasteiger partial charge in [0.25, 0.3) is 0 Å². The van der Waals surface area contributed by atoms with Crippen LogP contribution in [0, 0.1) is 0 Å². The van der Waals surface area contributed by atoms with Crippen LogP contribution in [-0.2, 0) is 10.2 Å². The summed E-state index contributed by atoms with van der Waals surface area (Å²) < 4.78 is 13.1. The van der Waals surface area contributed by atoms with E-state index in [-0.39, 0.29) is 5.41 Å². The van der Waals surface area contributed by atoms with Crippen LogP contribution in [0.2, 0.25) is 0 Å². The second-order valence-electron chi connectivity index (χ2n) is 5.60. The number of fused-ring (bicyclic) bond motifs is 3. The second kappa shape index (κ2) is 5.21. The number of ether oxygens (including phenoxy) is 2. The molecule has 0 atom stereocenters. The molecule has 0 bridgehead atoms. The Bertz CT molecular complexity index is 730. The molecule has 2 nitrogen and oxygen atoms in total. The van der Waals surface area contributed by atoms with Crippen LogP contribution in [0.1, 0.15) is 25.0 Å². The van der Waals surface area contributed by atoms with Crippen molar-refractivity contribution in [2.45, 2.75) is 19.3 Å². The summed E-state index contributed by atoms with van der Waals surface area (Å²) in [4.78, 5) is 0. The normalized spacial score (nSPS) is 18.8. The lowest BCUT2D eigenvalue weighted by atomic mass is 9.86. The second-order valence-corrected chi connectivity index (χ2v) is 9.23. The van der Waals surface area contributed by atoms with Crippen molar-refractivity contribution >= 4 is 51.7 Å². The zero-order valence-electron chi connectivity index (χ0n) is 12.3. The molecule has 0 unspecified atom stereocenters. The number of methoxy groups -OCH3 is 2. The fourth-order valence-corrected chi connectivity index (χ4v) is 5.63. The summed E-state index contributed by atoms with van der Waals surface area (Å²) in [6.07, 6.45) is 2.14. The van der Waals surface area contributed by atoms with E-state index in [1.165, 1.54) is 21.9 Å². The molecule has 0 spiro atoms. The lowest BCUT2D eigenvalue weighted by molar-refractivity contribution is 0.307. The van der Waals surface area contributed by atoms with E-state index in [1.807, 2.05) is 0 Å². The fraction of sp³-hybridized carbons (Fsp3) is 0.312. The van der Waals surface area contributed by atoms with E-state index in [0.717, 1.165) is 20.1 Å². The van der Waals surface area contributed by atoms with Gasteiger partial charge in [-0.3, -0.25) is 0 Å². The van der Waals surface area contributed by atoms with Crippen LogP contribution in [0.5, 0.6) is 5.75 Å². The summed E-state index contributed by atoms with van der Waals surface area (Å²) in [5, 5.41) is 1.45. The lowest BCUT2D eigenvalue weighted by Gasteiger charge is -2.24. The number of benzene rings is 1. The molecule has 0 saturated carbocycles. The molecule has 1 aliphatic carbocycles.